The van der Waals surface area contributed by atoms with Gasteiger partial charge in [-0.15, -0.1) is 0 Å². The van der Waals surface area contributed by atoms with Gasteiger partial charge in [0.15, 0.2) is 0 Å². The predicted molar refractivity (Wildman–Crippen MR) is 60.7 cm³/mol. The minimum Gasteiger partial charge on any atom is -0.302 e. The van der Waals surface area contributed by atoms with E-state index >= 15 is 0 Å². The number of carbonyl (C=O) groups excluding carboxylic acids is 1. The molecule has 1 aromatic rings. The Morgan fingerprint density at radius 2 is 1.40 bits per heavy atom. The van der Waals surface area contributed by atoms with Gasteiger partial charge in [-0.1, -0.05) is 42.5 Å². The summed E-state index contributed by atoms with van der Waals surface area (Å²) < 4.78 is 75.7. The summed E-state index contributed by atoms with van der Waals surface area (Å²) in [6.07, 6.45) is -12.2. The summed E-state index contributed by atoms with van der Waals surface area (Å²) in [6, 6.07) is 7.85. The lowest BCUT2D eigenvalue weighted by Gasteiger charge is -2.31. The van der Waals surface area contributed by atoms with Gasteiger partial charge in [-0.3, -0.25) is 0 Å². The van der Waals surface area contributed by atoms with Crippen molar-refractivity contribution in [1.29, 1.82) is 0 Å². The van der Waals surface area contributed by atoms with E-state index < -0.39 is 30.5 Å². The molecule has 0 aliphatic carbocycles. The first kappa shape index (κ1) is 16.3. The fourth-order valence-corrected chi connectivity index (χ4v) is 1.52. The van der Waals surface area contributed by atoms with Gasteiger partial charge in [-0.2, -0.15) is 26.3 Å². The van der Waals surface area contributed by atoms with Gasteiger partial charge in [0.2, 0.25) is 5.41 Å². The van der Waals surface area contributed by atoms with Crippen molar-refractivity contribution in [2.24, 2.45) is 5.41 Å². The molecule has 0 unspecified atom stereocenters. The van der Waals surface area contributed by atoms with Crippen LogP contribution in [0.1, 0.15) is 12.0 Å². The van der Waals surface area contributed by atoms with Crippen molar-refractivity contribution in [2.45, 2.75) is 18.8 Å². The molecule has 0 bridgehead atoms. The van der Waals surface area contributed by atoms with E-state index in [1.54, 1.807) is 18.2 Å². The molecule has 0 N–H and O–H groups in total. The molecule has 0 amide bonds. The molecule has 1 nitrogen and oxygen atoms in total. The van der Waals surface area contributed by atoms with Crippen LogP contribution in [0.2, 0.25) is 0 Å². The maximum Gasteiger partial charge on any atom is 0.410 e. The third-order valence-electron chi connectivity index (χ3n) is 2.76. The number of rotatable bonds is 4. The van der Waals surface area contributed by atoms with Crippen molar-refractivity contribution in [3.05, 3.63) is 42.0 Å². The van der Waals surface area contributed by atoms with Gasteiger partial charge in [-0.05, 0) is 12.0 Å². The molecular weight excluding hydrogens is 286 g/mol. The summed E-state index contributed by atoms with van der Waals surface area (Å²) in [5.41, 5.74) is -3.93. The van der Waals surface area contributed by atoms with Crippen LogP contribution in [0.25, 0.3) is 6.08 Å². The Morgan fingerprint density at radius 3 is 1.80 bits per heavy atom. The summed E-state index contributed by atoms with van der Waals surface area (Å²) in [7, 11) is 0. The standard InChI is InChI=1S/C13H10F6O/c14-12(15,16)11(9-20,13(17,18)19)8-4-7-10-5-2-1-3-6-10/h1-7,9H,8H2/b7-4+. The maximum atomic E-state index is 12.6. The zero-order chi connectivity index (χ0) is 15.4. The molecule has 1 rings (SSSR count). The van der Waals surface area contributed by atoms with Crippen molar-refractivity contribution in [3.63, 3.8) is 0 Å². The fourth-order valence-electron chi connectivity index (χ4n) is 1.52. The van der Waals surface area contributed by atoms with Crippen LogP contribution in [0.15, 0.2) is 36.4 Å². The largest absolute Gasteiger partial charge is 0.410 e. The minimum absolute atomic E-state index is 0.441. The number of halogens is 6. The highest BCUT2D eigenvalue weighted by atomic mass is 19.4. The van der Waals surface area contributed by atoms with E-state index in [2.05, 4.69) is 0 Å². The van der Waals surface area contributed by atoms with Gasteiger partial charge < -0.3 is 4.79 Å². The highest BCUT2D eigenvalue weighted by Crippen LogP contribution is 2.51. The van der Waals surface area contributed by atoms with Crippen LogP contribution in [0.4, 0.5) is 26.3 Å². The summed E-state index contributed by atoms with van der Waals surface area (Å²) in [6.45, 7) is 0. The fraction of sp³-hybridized carbons (Fsp3) is 0.308. The number of alkyl halides is 6. The zero-order valence-corrected chi connectivity index (χ0v) is 10.0. The molecule has 0 fully saturated rings. The predicted octanol–water partition coefficient (Wildman–Crippen LogP) is 4.40. The highest BCUT2D eigenvalue weighted by molar-refractivity contribution is 5.63. The smallest absolute Gasteiger partial charge is 0.302 e. The molecule has 0 aromatic heterocycles. The second-order valence-electron chi connectivity index (χ2n) is 4.10. The van der Waals surface area contributed by atoms with Crippen LogP contribution in [-0.2, 0) is 4.79 Å². The quantitative estimate of drug-likeness (QED) is 0.594. The average molecular weight is 296 g/mol. The number of hydrogen-bond acceptors (Lipinski definition) is 1. The van der Waals surface area contributed by atoms with Crippen LogP contribution < -0.4 is 0 Å². The van der Waals surface area contributed by atoms with Gasteiger partial charge >= 0.3 is 12.4 Å². The number of allylic oxidation sites excluding steroid dienone is 1. The summed E-state index contributed by atoms with van der Waals surface area (Å²) in [5, 5.41) is 0. The number of hydrogen-bond donors (Lipinski definition) is 0. The highest BCUT2D eigenvalue weighted by Gasteiger charge is 2.70. The second-order valence-corrected chi connectivity index (χ2v) is 4.10. The Labute approximate surface area is 110 Å². The number of benzene rings is 1. The maximum absolute atomic E-state index is 12.6. The van der Waals surface area contributed by atoms with Crippen LogP contribution >= 0.6 is 0 Å². The first-order chi connectivity index (χ1) is 9.14. The Morgan fingerprint density at radius 1 is 0.900 bits per heavy atom. The van der Waals surface area contributed by atoms with Crippen molar-refractivity contribution in [2.75, 3.05) is 0 Å². The van der Waals surface area contributed by atoms with Gasteiger partial charge in [-0.25, -0.2) is 0 Å². The van der Waals surface area contributed by atoms with Crippen molar-refractivity contribution >= 4 is 12.4 Å². The molecule has 1 aromatic carbocycles. The lowest BCUT2D eigenvalue weighted by Crippen LogP contribution is -2.51. The van der Waals surface area contributed by atoms with E-state index in [-0.39, 0.29) is 0 Å². The SMILES string of the molecule is O=CC(C/C=C/c1ccccc1)(C(F)(F)F)C(F)(F)F. The Bertz CT molecular complexity index is 458. The van der Waals surface area contributed by atoms with E-state index in [9.17, 15) is 31.1 Å². The van der Waals surface area contributed by atoms with Crippen LogP contribution in [0.3, 0.4) is 0 Å². The molecule has 0 aliphatic heterocycles. The lowest BCUT2D eigenvalue weighted by atomic mass is 9.84. The van der Waals surface area contributed by atoms with E-state index in [1.165, 1.54) is 12.1 Å². The molecule has 0 radical (unpaired) electrons. The number of carbonyl (C=O) groups is 1. The third-order valence-corrected chi connectivity index (χ3v) is 2.76. The van der Waals surface area contributed by atoms with Gasteiger partial charge in [0.05, 0.1) is 0 Å². The summed E-state index contributed by atoms with van der Waals surface area (Å²) >= 11 is 0. The molecule has 20 heavy (non-hydrogen) atoms. The van der Waals surface area contributed by atoms with E-state index in [4.69, 9.17) is 0 Å². The monoisotopic (exact) mass is 296 g/mol. The van der Waals surface area contributed by atoms with Gasteiger partial charge in [0.25, 0.3) is 0 Å². The van der Waals surface area contributed by atoms with Crippen LogP contribution in [-0.4, -0.2) is 18.6 Å². The second kappa shape index (κ2) is 5.68. The Kier molecular flexibility index (Phi) is 4.62. The van der Waals surface area contributed by atoms with Crippen molar-refractivity contribution in [1.82, 2.24) is 0 Å². The van der Waals surface area contributed by atoms with Crippen molar-refractivity contribution in [3.8, 4) is 0 Å². The Balaban J connectivity index is 3.04. The first-order valence-electron chi connectivity index (χ1n) is 5.45. The average Bonchev–Trinajstić information content (AvgIpc) is 2.33. The normalized spacial score (nSPS) is 13.7. The van der Waals surface area contributed by atoms with Crippen molar-refractivity contribution < 1.29 is 31.1 Å². The molecule has 0 saturated carbocycles. The molecule has 0 aliphatic rings. The first-order valence-corrected chi connectivity index (χ1v) is 5.45. The minimum atomic E-state index is -5.70. The van der Waals surface area contributed by atoms with E-state index in [1.807, 2.05) is 0 Å². The topological polar surface area (TPSA) is 17.1 Å². The molecule has 110 valence electrons. The van der Waals surface area contributed by atoms with Crippen LogP contribution in [0.5, 0.6) is 0 Å². The molecular formula is C13H10F6O. The van der Waals surface area contributed by atoms with E-state index in [0.717, 1.165) is 6.08 Å². The summed E-state index contributed by atoms with van der Waals surface area (Å²) in [5.74, 6) is 0. The third kappa shape index (κ3) is 3.20. The molecule has 0 atom stereocenters. The molecule has 0 saturated heterocycles. The van der Waals surface area contributed by atoms with E-state index in [0.29, 0.717) is 11.6 Å². The molecule has 7 heteroatoms. The van der Waals surface area contributed by atoms with Crippen LogP contribution in [0, 0.1) is 5.41 Å². The Hall–Kier alpha value is -1.79. The summed E-state index contributed by atoms with van der Waals surface area (Å²) in [4.78, 5) is 10.5. The molecule has 0 spiro atoms. The molecule has 0 heterocycles. The lowest BCUT2D eigenvalue weighted by molar-refractivity contribution is -0.319. The number of aldehydes is 1. The van der Waals surface area contributed by atoms with Gasteiger partial charge in [0.1, 0.15) is 6.29 Å². The van der Waals surface area contributed by atoms with Gasteiger partial charge in [0, 0.05) is 0 Å². The zero-order valence-electron chi connectivity index (χ0n) is 10.0.